The van der Waals surface area contributed by atoms with Crippen molar-refractivity contribution in [1.82, 2.24) is 14.8 Å². The third-order valence-corrected chi connectivity index (χ3v) is 5.58. The van der Waals surface area contributed by atoms with Gasteiger partial charge in [0.1, 0.15) is 11.4 Å². The van der Waals surface area contributed by atoms with Crippen LogP contribution in [0.1, 0.15) is 32.1 Å². The lowest BCUT2D eigenvalue weighted by atomic mass is 9.87. The summed E-state index contributed by atoms with van der Waals surface area (Å²) in [5, 5.41) is 8.75. The highest BCUT2D eigenvalue weighted by Gasteiger charge is 2.41. The minimum Gasteiger partial charge on any atom is -0.497 e. The van der Waals surface area contributed by atoms with Crippen LogP contribution in [0.25, 0.3) is 22.8 Å². The Balaban J connectivity index is 1.66. The van der Waals surface area contributed by atoms with Crippen molar-refractivity contribution < 1.29 is 4.74 Å². The van der Waals surface area contributed by atoms with E-state index in [0.29, 0.717) is 0 Å². The average Bonchev–Trinajstić information content (AvgIpc) is 3.16. The maximum absolute atomic E-state index is 5.27. The number of rotatable bonds is 2. The molecule has 132 valence electrons. The molecule has 0 radical (unpaired) electrons. The second-order valence-electron chi connectivity index (χ2n) is 7.16. The third-order valence-electron chi connectivity index (χ3n) is 5.58. The maximum Gasteiger partial charge on any atom is 0.181 e. The maximum atomic E-state index is 5.27. The molecular formula is C21H22N4O. The quantitative estimate of drug-likeness (QED) is 0.733. The molecule has 1 aromatic heterocycles. The molecule has 2 heterocycles. The van der Waals surface area contributed by atoms with Gasteiger partial charge in [0.2, 0.25) is 0 Å². The number of methoxy groups -OCH3 is 1. The smallest absolute Gasteiger partial charge is 0.181 e. The van der Waals surface area contributed by atoms with Crippen LogP contribution >= 0.6 is 0 Å². The van der Waals surface area contributed by atoms with Crippen LogP contribution in [-0.4, -0.2) is 21.9 Å². The van der Waals surface area contributed by atoms with Gasteiger partial charge in [-0.05, 0) is 62.1 Å². The van der Waals surface area contributed by atoms with Gasteiger partial charge in [0.25, 0.3) is 0 Å². The van der Waals surface area contributed by atoms with Crippen molar-refractivity contribution in [1.29, 1.82) is 0 Å². The Labute approximate surface area is 153 Å². The van der Waals surface area contributed by atoms with Crippen molar-refractivity contribution >= 4 is 5.69 Å². The Hall–Kier alpha value is -2.82. The van der Waals surface area contributed by atoms with E-state index in [1.807, 2.05) is 24.3 Å². The van der Waals surface area contributed by atoms with Gasteiger partial charge < -0.3 is 10.1 Å². The van der Waals surface area contributed by atoms with Crippen LogP contribution in [0.4, 0.5) is 5.69 Å². The molecule has 1 aliphatic carbocycles. The van der Waals surface area contributed by atoms with Crippen molar-refractivity contribution in [3.8, 4) is 28.5 Å². The highest BCUT2D eigenvalue weighted by atomic mass is 16.5. The fourth-order valence-electron chi connectivity index (χ4n) is 4.21. The summed E-state index contributed by atoms with van der Waals surface area (Å²) in [4.78, 5) is 4.94. The molecule has 1 spiro atoms. The van der Waals surface area contributed by atoms with E-state index < -0.39 is 0 Å². The zero-order chi connectivity index (χ0) is 17.6. The normalized spacial score (nSPS) is 17.3. The highest BCUT2D eigenvalue weighted by molar-refractivity contribution is 5.77. The number of nitrogens with one attached hydrogen (secondary N) is 1. The first kappa shape index (κ1) is 15.4. The highest BCUT2D eigenvalue weighted by Crippen LogP contribution is 2.44. The predicted molar refractivity (Wildman–Crippen MR) is 102 cm³/mol. The van der Waals surface area contributed by atoms with E-state index in [9.17, 15) is 0 Å². The zero-order valence-corrected chi connectivity index (χ0v) is 14.9. The van der Waals surface area contributed by atoms with E-state index in [0.717, 1.165) is 47.1 Å². The fourth-order valence-corrected chi connectivity index (χ4v) is 4.21. The number of aromatic nitrogens is 3. The largest absolute Gasteiger partial charge is 0.497 e. The number of benzene rings is 2. The molecule has 2 aromatic carbocycles. The molecule has 0 atom stereocenters. The van der Waals surface area contributed by atoms with E-state index in [1.165, 1.54) is 19.3 Å². The number of para-hydroxylation sites is 1. The molecule has 0 amide bonds. The Morgan fingerprint density at radius 1 is 1.00 bits per heavy atom. The van der Waals surface area contributed by atoms with Crippen molar-refractivity contribution in [2.45, 2.75) is 37.8 Å². The molecule has 5 nitrogen and oxygen atoms in total. The molecule has 3 aromatic rings. The minimum atomic E-state index is -0.153. The number of anilines is 1. The van der Waals surface area contributed by atoms with Crippen molar-refractivity contribution in [2.24, 2.45) is 0 Å². The van der Waals surface area contributed by atoms with Crippen LogP contribution in [0.15, 0.2) is 48.5 Å². The van der Waals surface area contributed by atoms with Crippen molar-refractivity contribution in [3.63, 3.8) is 0 Å². The predicted octanol–water partition coefficient (Wildman–Crippen LogP) is 4.66. The summed E-state index contributed by atoms with van der Waals surface area (Å²) in [6.07, 6.45) is 5.89. The zero-order valence-electron chi connectivity index (χ0n) is 14.9. The Bertz CT molecular complexity index is 939. The summed E-state index contributed by atoms with van der Waals surface area (Å²) in [6, 6.07) is 16.4. The SMILES string of the molecule is COc1ccc(-c2nc3n(n2)C2(CCCCC2)Nc2ccccc2-3)cc1. The number of fused-ring (bicyclic) bond motifs is 4. The Morgan fingerprint density at radius 3 is 2.54 bits per heavy atom. The average molecular weight is 346 g/mol. The second-order valence-corrected chi connectivity index (χ2v) is 7.16. The van der Waals surface area contributed by atoms with Crippen LogP contribution in [0, 0.1) is 0 Å². The van der Waals surface area contributed by atoms with Crippen LogP contribution < -0.4 is 10.1 Å². The van der Waals surface area contributed by atoms with Crippen molar-refractivity contribution in [2.75, 3.05) is 12.4 Å². The lowest BCUT2D eigenvalue weighted by Gasteiger charge is -2.42. The van der Waals surface area contributed by atoms with Gasteiger partial charge in [0.05, 0.1) is 7.11 Å². The molecule has 26 heavy (non-hydrogen) atoms. The Kier molecular flexibility index (Phi) is 3.48. The number of hydrogen-bond acceptors (Lipinski definition) is 4. The van der Waals surface area contributed by atoms with Gasteiger partial charge in [-0.1, -0.05) is 18.6 Å². The second kappa shape index (κ2) is 5.87. The molecule has 0 bridgehead atoms. The molecule has 1 aliphatic heterocycles. The van der Waals surface area contributed by atoms with Gasteiger partial charge >= 0.3 is 0 Å². The fraction of sp³-hybridized carbons (Fsp3) is 0.333. The van der Waals surface area contributed by atoms with Crippen LogP contribution in [-0.2, 0) is 5.66 Å². The number of hydrogen-bond donors (Lipinski definition) is 1. The van der Waals surface area contributed by atoms with Crippen LogP contribution in [0.2, 0.25) is 0 Å². The first-order valence-corrected chi connectivity index (χ1v) is 9.29. The van der Waals surface area contributed by atoms with E-state index >= 15 is 0 Å². The minimum absolute atomic E-state index is 0.153. The van der Waals surface area contributed by atoms with Gasteiger partial charge in [-0.3, -0.25) is 0 Å². The monoisotopic (exact) mass is 346 g/mol. The molecule has 0 unspecified atom stereocenters. The van der Waals surface area contributed by atoms with E-state index in [-0.39, 0.29) is 5.66 Å². The Morgan fingerprint density at radius 2 is 1.77 bits per heavy atom. The standard InChI is InChI=1S/C21H22N4O/c1-26-16-11-9-15(10-12-16)19-22-20-17-7-3-4-8-18(17)23-21(25(20)24-19)13-5-2-6-14-21/h3-4,7-12,23H,2,5-6,13-14H2,1H3. The molecule has 5 rings (SSSR count). The number of nitrogens with zero attached hydrogens (tertiary/aromatic N) is 3. The summed E-state index contributed by atoms with van der Waals surface area (Å²) in [5.41, 5.74) is 3.14. The summed E-state index contributed by atoms with van der Waals surface area (Å²) < 4.78 is 7.41. The molecule has 1 fully saturated rings. The van der Waals surface area contributed by atoms with E-state index in [2.05, 4.69) is 34.3 Å². The summed E-state index contributed by atoms with van der Waals surface area (Å²) >= 11 is 0. The molecule has 2 aliphatic rings. The van der Waals surface area contributed by atoms with Crippen molar-refractivity contribution in [3.05, 3.63) is 48.5 Å². The van der Waals surface area contributed by atoms with Gasteiger partial charge in [-0.2, -0.15) is 0 Å². The topological polar surface area (TPSA) is 52.0 Å². The molecule has 0 saturated heterocycles. The first-order chi connectivity index (χ1) is 12.8. The molecule has 5 heteroatoms. The number of ether oxygens (including phenoxy) is 1. The summed E-state index contributed by atoms with van der Waals surface area (Å²) in [5.74, 6) is 2.58. The lowest BCUT2D eigenvalue weighted by Crippen LogP contribution is -2.46. The first-order valence-electron chi connectivity index (χ1n) is 9.29. The van der Waals surface area contributed by atoms with Gasteiger partial charge in [-0.25, -0.2) is 9.67 Å². The summed E-state index contributed by atoms with van der Waals surface area (Å²) in [6.45, 7) is 0. The van der Waals surface area contributed by atoms with E-state index in [1.54, 1.807) is 7.11 Å². The van der Waals surface area contributed by atoms with Gasteiger partial charge in [0, 0.05) is 16.8 Å². The third kappa shape index (κ3) is 2.30. The van der Waals surface area contributed by atoms with Gasteiger partial charge in [0.15, 0.2) is 11.6 Å². The van der Waals surface area contributed by atoms with Gasteiger partial charge in [-0.15, -0.1) is 5.10 Å². The lowest BCUT2D eigenvalue weighted by molar-refractivity contribution is 0.209. The van der Waals surface area contributed by atoms with Crippen LogP contribution in [0.3, 0.4) is 0 Å². The molecular weight excluding hydrogens is 324 g/mol. The molecule has 1 saturated carbocycles. The van der Waals surface area contributed by atoms with E-state index in [4.69, 9.17) is 14.8 Å². The molecule has 1 N–H and O–H groups in total. The summed E-state index contributed by atoms with van der Waals surface area (Å²) in [7, 11) is 1.68. The van der Waals surface area contributed by atoms with Crippen LogP contribution in [0.5, 0.6) is 5.75 Å².